The molecule has 0 aromatic carbocycles. The Morgan fingerprint density at radius 3 is 2.50 bits per heavy atom. The van der Waals surface area contributed by atoms with Gasteiger partial charge in [0.05, 0.1) is 18.1 Å². The highest BCUT2D eigenvalue weighted by molar-refractivity contribution is 5.30. The molecule has 0 aliphatic carbocycles. The molecule has 0 atom stereocenters. The molecule has 2 N–H and O–H groups in total. The maximum Gasteiger partial charge on any atom is 0.129 e. The minimum atomic E-state index is 0.634. The van der Waals surface area contributed by atoms with Crippen LogP contribution in [0.15, 0.2) is 12.4 Å². The maximum atomic E-state index is 5.51. The van der Waals surface area contributed by atoms with E-state index in [1.54, 1.807) is 12.4 Å². The molecule has 76 valence electrons. The van der Waals surface area contributed by atoms with Gasteiger partial charge in [0, 0.05) is 13.0 Å². The summed E-state index contributed by atoms with van der Waals surface area (Å²) < 4.78 is 0. The van der Waals surface area contributed by atoms with Crippen molar-refractivity contribution in [1.29, 1.82) is 0 Å². The fourth-order valence-corrected chi connectivity index (χ4v) is 1.76. The lowest BCUT2D eigenvalue weighted by Crippen LogP contribution is -2.22. The Labute approximate surface area is 84.2 Å². The average molecular weight is 192 g/mol. The van der Waals surface area contributed by atoms with Crippen molar-refractivity contribution >= 4 is 5.69 Å². The van der Waals surface area contributed by atoms with Crippen LogP contribution in [-0.4, -0.2) is 34.5 Å². The summed E-state index contributed by atoms with van der Waals surface area (Å²) >= 11 is 0. The highest BCUT2D eigenvalue weighted by Crippen LogP contribution is 2.07. The summed E-state index contributed by atoms with van der Waals surface area (Å²) in [4.78, 5) is 10.8. The summed E-state index contributed by atoms with van der Waals surface area (Å²) in [7, 11) is 0. The second kappa shape index (κ2) is 4.37. The first-order valence-corrected chi connectivity index (χ1v) is 5.13. The Balaban J connectivity index is 1.82. The van der Waals surface area contributed by atoms with Crippen molar-refractivity contribution in [3.63, 3.8) is 0 Å². The van der Waals surface area contributed by atoms with Gasteiger partial charge in [0.2, 0.25) is 0 Å². The molecule has 4 heteroatoms. The number of nitrogen functional groups attached to an aromatic ring is 1. The average Bonchev–Trinajstić information content (AvgIpc) is 2.70. The third-order valence-corrected chi connectivity index (χ3v) is 2.58. The molecule has 1 fully saturated rings. The molecule has 1 aromatic rings. The highest BCUT2D eigenvalue weighted by Gasteiger charge is 2.11. The SMILES string of the molecule is Nc1cnc(CCN2CCCC2)nc1. The molecule has 2 heterocycles. The molecule has 1 aromatic heterocycles. The first-order chi connectivity index (χ1) is 6.84. The van der Waals surface area contributed by atoms with E-state index in [0.717, 1.165) is 18.8 Å². The summed E-state index contributed by atoms with van der Waals surface area (Å²) in [5.41, 5.74) is 6.14. The molecule has 0 amide bonds. The van der Waals surface area contributed by atoms with E-state index in [2.05, 4.69) is 14.9 Å². The number of anilines is 1. The van der Waals surface area contributed by atoms with Crippen molar-refractivity contribution in [2.45, 2.75) is 19.3 Å². The van der Waals surface area contributed by atoms with Gasteiger partial charge in [-0.3, -0.25) is 0 Å². The second-order valence-corrected chi connectivity index (χ2v) is 3.73. The zero-order chi connectivity index (χ0) is 9.80. The number of hydrogen-bond donors (Lipinski definition) is 1. The maximum absolute atomic E-state index is 5.51. The lowest BCUT2D eigenvalue weighted by atomic mass is 10.3. The Hall–Kier alpha value is -1.16. The molecule has 1 aliphatic rings. The molecule has 14 heavy (non-hydrogen) atoms. The molecule has 0 saturated carbocycles. The number of hydrogen-bond acceptors (Lipinski definition) is 4. The molecule has 0 spiro atoms. The van der Waals surface area contributed by atoms with Crippen molar-refractivity contribution in [2.75, 3.05) is 25.4 Å². The van der Waals surface area contributed by atoms with E-state index in [0.29, 0.717) is 5.69 Å². The van der Waals surface area contributed by atoms with E-state index in [1.807, 2.05) is 0 Å². The third-order valence-electron chi connectivity index (χ3n) is 2.58. The first kappa shape index (κ1) is 9.40. The van der Waals surface area contributed by atoms with E-state index < -0.39 is 0 Å². The molecule has 1 saturated heterocycles. The lowest BCUT2D eigenvalue weighted by molar-refractivity contribution is 0.341. The Morgan fingerprint density at radius 1 is 1.21 bits per heavy atom. The van der Waals surface area contributed by atoms with Gasteiger partial charge >= 0.3 is 0 Å². The van der Waals surface area contributed by atoms with E-state index in [-0.39, 0.29) is 0 Å². The largest absolute Gasteiger partial charge is 0.396 e. The number of nitrogens with two attached hydrogens (primary N) is 1. The molecule has 1 aliphatic heterocycles. The number of rotatable bonds is 3. The summed E-state index contributed by atoms with van der Waals surface area (Å²) in [6.07, 6.45) is 6.95. The van der Waals surface area contributed by atoms with Gasteiger partial charge in [-0.1, -0.05) is 0 Å². The quantitative estimate of drug-likeness (QED) is 0.765. The van der Waals surface area contributed by atoms with Gasteiger partial charge in [-0.25, -0.2) is 9.97 Å². The molecular weight excluding hydrogens is 176 g/mol. The lowest BCUT2D eigenvalue weighted by Gasteiger charge is -2.12. The topological polar surface area (TPSA) is 55.0 Å². The monoisotopic (exact) mass is 192 g/mol. The summed E-state index contributed by atoms with van der Waals surface area (Å²) in [5.74, 6) is 0.895. The van der Waals surface area contributed by atoms with Crippen molar-refractivity contribution in [1.82, 2.24) is 14.9 Å². The zero-order valence-electron chi connectivity index (χ0n) is 8.32. The molecule has 0 radical (unpaired) electrons. The predicted octanol–water partition coefficient (Wildman–Crippen LogP) is 0.697. The van der Waals surface area contributed by atoms with Crippen LogP contribution in [0.1, 0.15) is 18.7 Å². The predicted molar refractivity (Wildman–Crippen MR) is 55.8 cm³/mol. The van der Waals surface area contributed by atoms with Crippen molar-refractivity contribution in [3.05, 3.63) is 18.2 Å². The third kappa shape index (κ3) is 2.42. The van der Waals surface area contributed by atoms with E-state index in [1.165, 1.54) is 25.9 Å². The zero-order valence-corrected chi connectivity index (χ0v) is 8.32. The van der Waals surface area contributed by atoms with Crippen LogP contribution in [0.25, 0.3) is 0 Å². The number of aromatic nitrogens is 2. The van der Waals surface area contributed by atoms with Gasteiger partial charge in [-0.15, -0.1) is 0 Å². The van der Waals surface area contributed by atoms with Crippen LogP contribution in [0, 0.1) is 0 Å². The van der Waals surface area contributed by atoms with Gasteiger partial charge in [-0.2, -0.15) is 0 Å². The van der Waals surface area contributed by atoms with E-state index in [4.69, 9.17) is 5.73 Å². The van der Waals surface area contributed by atoms with Crippen LogP contribution in [-0.2, 0) is 6.42 Å². The molecule has 0 unspecified atom stereocenters. The van der Waals surface area contributed by atoms with Gasteiger partial charge in [0.15, 0.2) is 0 Å². The minimum Gasteiger partial charge on any atom is -0.396 e. The summed E-state index contributed by atoms with van der Waals surface area (Å²) in [6.45, 7) is 3.54. The Bertz CT molecular complexity index is 277. The number of nitrogens with zero attached hydrogens (tertiary/aromatic N) is 3. The van der Waals surface area contributed by atoms with Crippen molar-refractivity contribution in [2.24, 2.45) is 0 Å². The van der Waals surface area contributed by atoms with Crippen molar-refractivity contribution < 1.29 is 0 Å². The molecule has 4 nitrogen and oxygen atoms in total. The van der Waals surface area contributed by atoms with Crippen LogP contribution < -0.4 is 5.73 Å². The van der Waals surface area contributed by atoms with E-state index in [9.17, 15) is 0 Å². The fourth-order valence-electron chi connectivity index (χ4n) is 1.76. The van der Waals surface area contributed by atoms with Crippen LogP contribution in [0.3, 0.4) is 0 Å². The van der Waals surface area contributed by atoms with Gasteiger partial charge in [0.1, 0.15) is 5.82 Å². The van der Waals surface area contributed by atoms with Gasteiger partial charge in [-0.05, 0) is 25.9 Å². The highest BCUT2D eigenvalue weighted by atomic mass is 15.1. The summed E-state index contributed by atoms with van der Waals surface area (Å²) in [5, 5.41) is 0. The van der Waals surface area contributed by atoms with E-state index >= 15 is 0 Å². The molecule has 0 bridgehead atoms. The van der Waals surface area contributed by atoms with Crippen LogP contribution in [0.5, 0.6) is 0 Å². The smallest absolute Gasteiger partial charge is 0.129 e. The fraction of sp³-hybridized carbons (Fsp3) is 0.600. The van der Waals surface area contributed by atoms with Crippen molar-refractivity contribution in [3.8, 4) is 0 Å². The molecule has 2 rings (SSSR count). The Morgan fingerprint density at radius 2 is 1.86 bits per heavy atom. The number of likely N-dealkylation sites (tertiary alicyclic amines) is 1. The summed E-state index contributed by atoms with van der Waals surface area (Å²) in [6, 6.07) is 0. The second-order valence-electron chi connectivity index (χ2n) is 3.73. The van der Waals surface area contributed by atoms with Gasteiger partial charge in [0.25, 0.3) is 0 Å². The minimum absolute atomic E-state index is 0.634. The van der Waals surface area contributed by atoms with Crippen LogP contribution >= 0.6 is 0 Å². The first-order valence-electron chi connectivity index (χ1n) is 5.13. The Kier molecular flexibility index (Phi) is 2.93. The van der Waals surface area contributed by atoms with Gasteiger partial charge < -0.3 is 10.6 Å². The van der Waals surface area contributed by atoms with Crippen LogP contribution in [0.4, 0.5) is 5.69 Å². The van der Waals surface area contributed by atoms with Crippen LogP contribution in [0.2, 0.25) is 0 Å². The molecular formula is C10H16N4. The standard InChI is InChI=1S/C10H16N4/c11-9-7-12-10(13-8-9)3-6-14-4-1-2-5-14/h7-8H,1-6,11H2. The normalized spacial score (nSPS) is 17.4.